The molecule has 0 saturated carbocycles. The van der Waals surface area contributed by atoms with Crippen molar-refractivity contribution in [3.05, 3.63) is 11.5 Å². The van der Waals surface area contributed by atoms with E-state index >= 15 is 0 Å². The van der Waals surface area contributed by atoms with Crippen LogP contribution in [0.5, 0.6) is 0 Å². The molecule has 6 heavy (non-hydrogen) atoms. The van der Waals surface area contributed by atoms with E-state index in [1.807, 2.05) is 11.5 Å². The molecule has 0 aromatic rings. The molecule has 1 nitrogen and oxygen atoms in total. The zero-order chi connectivity index (χ0) is 4.41. The summed E-state index contributed by atoms with van der Waals surface area (Å²) in [4.78, 5) is 0. The monoisotopic (exact) mass is 120 g/mol. The Morgan fingerprint density at radius 3 is 2.83 bits per heavy atom. The van der Waals surface area contributed by atoms with Gasteiger partial charge in [-0.3, -0.25) is 0 Å². The first kappa shape index (κ1) is 4.43. The fourth-order valence-corrected chi connectivity index (χ4v) is 1.19. The average Bonchev–Trinajstić information content (AvgIpc) is 1.86. The van der Waals surface area contributed by atoms with E-state index in [-0.39, 0.29) is 9.74 Å². The van der Waals surface area contributed by atoms with Crippen LogP contribution in [0, 0.1) is 0 Å². The van der Waals surface area contributed by atoms with Crippen molar-refractivity contribution >= 4 is 20.9 Å². The van der Waals surface area contributed by atoms with E-state index in [0.29, 0.717) is 6.61 Å². The SMILES string of the molecule is S=S1C=CCO1. The first-order valence-corrected chi connectivity index (χ1v) is 3.74. The molecule has 3 heteroatoms. The summed E-state index contributed by atoms with van der Waals surface area (Å²) in [6.07, 6.45) is 1.94. The lowest BCUT2D eigenvalue weighted by atomic mass is 10.7. The number of hydrogen-bond acceptors (Lipinski definition) is 2. The Kier molecular flexibility index (Phi) is 1.34. The summed E-state index contributed by atoms with van der Waals surface area (Å²) < 4.78 is 4.88. The molecule has 0 radical (unpaired) electrons. The molecule has 0 aromatic heterocycles. The first-order chi connectivity index (χ1) is 2.89. The highest BCUT2D eigenvalue weighted by Crippen LogP contribution is 1.96. The molecule has 0 bridgehead atoms. The molecule has 0 aromatic carbocycles. The van der Waals surface area contributed by atoms with Gasteiger partial charge in [0.1, 0.15) is 0 Å². The normalized spacial score (nSPS) is 31.7. The average molecular weight is 120 g/mol. The van der Waals surface area contributed by atoms with Crippen molar-refractivity contribution in [2.75, 3.05) is 6.61 Å². The Morgan fingerprint density at radius 1 is 1.83 bits per heavy atom. The fraction of sp³-hybridized carbons (Fsp3) is 0.333. The van der Waals surface area contributed by atoms with Crippen LogP contribution >= 0.6 is 0 Å². The third-order valence-electron chi connectivity index (χ3n) is 0.488. The minimum Gasteiger partial charge on any atom is -0.304 e. The Bertz CT molecular complexity index is 97.0. The van der Waals surface area contributed by atoms with Crippen molar-refractivity contribution in [2.24, 2.45) is 0 Å². The van der Waals surface area contributed by atoms with Crippen LogP contribution in [0.25, 0.3) is 0 Å². The van der Waals surface area contributed by atoms with Crippen LogP contribution in [-0.4, -0.2) is 6.61 Å². The molecule has 0 fully saturated rings. The Labute approximate surface area is 43.8 Å². The van der Waals surface area contributed by atoms with Crippen molar-refractivity contribution in [2.45, 2.75) is 0 Å². The second-order valence-electron chi connectivity index (χ2n) is 0.917. The zero-order valence-corrected chi connectivity index (χ0v) is 4.72. The van der Waals surface area contributed by atoms with E-state index in [4.69, 9.17) is 15.4 Å². The smallest absolute Gasteiger partial charge is 0.0811 e. The maximum absolute atomic E-state index is 4.88. The van der Waals surface area contributed by atoms with Gasteiger partial charge in [-0.05, 0) is 22.7 Å². The lowest BCUT2D eigenvalue weighted by Crippen LogP contribution is -1.79. The van der Waals surface area contributed by atoms with Crippen LogP contribution in [0.3, 0.4) is 0 Å². The fourth-order valence-electron chi connectivity index (χ4n) is 0.263. The van der Waals surface area contributed by atoms with Crippen LogP contribution in [0.4, 0.5) is 0 Å². The second-order valence-corrected chi connectivity index (χ2v) is 2.93. The second kappa shape index (κ2) is 1.82. The van der Waals surface area contributed by atoms with E-state index in [0.717, 1.165) is 0 Å². The summed E-state index contributed by atoms with van der Waals surface area (Å²) in [6.45, 7) is 0.715. The van der Waals surface area contributed by atoms with Gasteiger partial charge in [-0.2, -0.15) is 0 Å². The predicted molar refractivity (Wildman–Crippen MR) is 29.8 cm³/mol. The van der Waals surface area contributed by atoms with Crippen molar-refractivity contribution < 1.29 is 4.18 Å². The molecule has 34 valence electrons. The molecule has 0 saturated heterocycles. The third kappa shape index (κ3) is 0.864. The van der Waals surface area contributed by atoms with Gasteiger partial charge in [-0.25, -0.2) is 0 Å². The highest BCUT2D eigenvalue weighted by atomic mass is 32.8. The molecular weight excluding hydrogens is 116 g/mol. The van der Waals surface area contributed by atoms with Gasteiger partial charge in [0.2, 0.25) is 0 Å². The van der Waals surface area contributed by atoms with Gasteiger partial charge in [0.05, 0.1) is 6.61 Å². The summed E-state index contributed by atoms with van der Waals surface area (Å²) in [6, 6.07) is 0. The summed E-state index contributed by atoms with van der Waals surface area (Å²) in [5.41, 5.74) is 0. The lowest BCUT2D eigenvalue weighted by Gasteiger charge is -1.82. The summed E-state index contributed by atoms with van der Waals surface area (Å²) in [5, 5.41) is 1.90. The third-order valence-corrected chi connectivity index (χ3v) is 1.89. The summed E-state index contributed by atoms with van der Waals surface area (Å²) in [7, 11) is -0.270. The molecule has 1 aliphatic heterocycles. The minimum atomic E-state index is -0.270. The van der Waals surface area contributed by atoms with Gasteiger partial charge >= 0.3 is 0 Å². The van der Waals surface area contributed by atoms with Crippen molar-refractivity contribution in [1.29, 1.82) is 0 Å². The summed E-state index contributed by atoms with van der Waals surface area (Å²) in [5.74, 6) is 0. The van der Waals surface area contributed by atoms with Crippen molar-refractivity contribution in [3.63, 3.8) is 0 Å². The topological polar surface area (TPSA) is 9.23 Å². The van der Waals surface area contributed by atoms with Gasteiger partial charge in [0.15, 0.2) is 0 Å². The van der Waals surface area contributed by atoms with E-state index in [1.165, 1.54) is 0 Å². The van der Waals surface area contributed by atoms with Gasteiger partial charge in [0, 0.05) is 9.74 Å². The molecule has 1 rings (SSSR count). The van der Waals surface area contributed by atoms with E-state index in [9.17, 15) is 0 Å². The minimum absolute atomic E-state index is 0.270. The molecular formula is C3H4OS2. The Morgan fingerprint density at radius 2 is 2.67 bits per heavy atom. The molecule has 0 amide bonds. The van der Waals surface area contributed by atoms with Crippen LogP contribution in [0.2, 0.25) is 0 Å². The maximum atomic E-state index is 4.88. The van der Waals surface area contributed by atoms with Crippen molar-refractivity contribution in [3.8, 4) is 0 Å². The molecule has 1 aliphatic rings. The van der Waals surface area contributed by atoms with E-state index < -0.39 is 0 Å². The maximum Gasteiger partial charge on any atom is 0.0811 e. The Balaban J connectivity index is 2.59. The highest BCUT2D eigenvalue weighted by molar-refractivity contribution is 8.27. The number of rotatable bonds is 0. The quantitative estimate of drug-likeness (QED) is 0.461. The van der Waals surface area contributed by atoms with Gasteiger partial charge in [0.25, 0.3) is 0 Å². The molecule has 0 N–H and O–H groups in total. The zero-order valence-electron chi connectivity index (χ0n) is 3.09. The Hall–Kier alpha value is 0.270. The molecule has 0 spiro atoms. The number of hydrogen-bond donors (Lipinski definition) is 0. The van der Waals surface area contributed by atoms with Gasteiger partial charge in [-0.15, -0.1) is 0 Å². The van der Waals surface area contributed by atoms with Crippen molar-refractivity contribution in [1.82, 2.24) is 0 Å². The lowest BCUT2D eigenvalue weighted by molar-refractivity contribution is 0.437. The summed E-state index contributed by atoms with van der Waals surface area (Å²) >= 11 is 4.72. The molecule has 1 heterocycles. The van der Waals surface area contributed by atoms with Gasteiger partial charge < -0.3 is 4.18 Å². The molecule has 1 unspecified atom stereocenters. The van der Waals surface area contributed by atoms with Crippen LogP contribution in [-0.2, 0) is 25.1 Å². The first-order valence-electron chi connectivity index (χ1n) is 1.60. The highest BCUT2D eigenvalue weighted by Gasteiger charge is 1.91. The molecule has 1 atom stereocenters. The largest absolute Gasteiger partial charge is 0.304 e. The van der Waals surface area contributed by atoms with Crippen LogP contribution in [0.1, 0.15) is 0 Å². The molecule has 0 aliphatic carbocycles. The van der Waals surface area contributed by atoms with E-state index in [1.54, 1.807) is 0 Å². The van der Waals surface area contributed by atoms with E-state index in [2.05, 4.69) is 0 Å². The standard InChI is InChI=1S/C3H4OS2/c5-6-3-1-2-4-6/h1,3H,2H2. The predicted octanol–water partition coefficient (Wildman–Crippen LogP) is 0.526. The van der Waals surface area contributed by atoms with Gasteiger partial charge in [-0.1, -0.05) is 0 Å². The van der Waals surface area contributed by atoms with Crippen LogP contribution < -0.4 is 0 Å². The van der Waals surface area contributed by atoms with Crippen LogP contribution in [0.15, 0.2) is 11.5 Å².